The minimum Gasteiger partial charge on any atom is -0.300 e. The summed E-state index contributed by atoms with van der Waals surface area (Å²) in [6, 6.07) is 3.97. The highest BCUT2D eigenvalue weighted by atomic mass is 16.1. The summed E-state index contributed by atoms with van der Waals surface area (Å²) in [7, 11) is 0. The van der Waals surface area contributed by atoms with Crippen molar-refractivity contribution in [1.29, 1.82) is 10.5 Å². The molecule has 0 fully saturated rings. The zero-order valence-corrected chi connectivity index (χ0v) is 10.1. The van der Waals surface area contributed by atoms with Crippen LogP contribution in [0.1, 0.15) is 40.5 Å². The van der Waals surface area contributed by atoms with Gasteiger partial charge in [0.15, 0.2) is 11.1 Å². The number of ketones is 1. The number of hydrogen-bond donors (Lipinski definition) is 0. The second kappa shape index (κ2) is 5.37. The van der Waals surface area contributed by atoms with Crippen LogP contribution in [-0.4, -0.2) is 16.9 Å². The monoisotopic (exact) mass is 220 g/mol. The van der Waals surface area contributed by atoms with Gasteiger partial charge in [0.25, 0.3) is 0 Å². The first-order valence-corrected chi connectivity index (χ1v) is 5.01. The SMILES string of the molecule is CC(=O)CCC(C)(C#N)N=NC(C)(C)C#N. The lowest BCUT2D eigenvalue weighted by Crippen LogP contribution is -2.22. The van der Waals surface area contributed by atoms with E-state index in [9.17, 15) is 4.79 Å². The first-order chi connectivity index (χ1) is 7.24. The lowest BCUT2D eigenvalue weighted by atomic mass is 9.98. The standard InChI is InChI=1S/C11H16N4O/c1-9(16)5-6-11(4,8-13)15-14-10(2,3)7-12/h5-6H2,1-4H3. The van der Waals surface area contributed by atoms with E-state index < -0.39 is 11.1 Å². The molecule has 16 heavy (non-hydrogen) atoms. The molecule has 5 nitrogen and oxygen atoms in total. The van der Waals surface area contributed by atoms with Gasteiger partial charge >= 0.3 is 0 Å². The van der Waals surface area contributed by atoms with Gasteiger partial charge in [-0.3, -0.25) is 0 Å². The highest BCUT2D eigenvalue weighted by Crippen LogP contribution is 2.20. The van der Waals surface area contributed by atoms with Gasteiger partial charge in [-0.1, -0.05) is 0 Å². The highest BCUT2D eigenvalue weighted by molar-refractivity contribution is 5.75. The molecule has 5 heteroatoms. The summed E-state index contributed by atoms with van der Waals surface area (Å²) in [5.74, 6) is 0.0104. The van der Waals surface area contributed by atoms with Gasteiger partial charge < -0.3 is 4.79 Å². The molecule has 0 rings (SSSR count). The van der Waals surface area contributed by atoms with E-state index in [-0.39, 0.29) is 12.2 Å². The molecule has 0 N–H and O–H groups in total. The van der Waals surface area contributed by atoms with E-state index in [2.05, 4.69) is 10.2 Å². The van der Waals surface area contributed by atoms with Crippen molar-refractivity contribution in [3.05, 3.63) is 0 Å². The Morgan fingerprint density at radius 3 is 2.12 bits per heavy atom. The maximum Gasteiger partial charge on any atom is 0.165 e. The van der Waals surface area contributed by atoms with Crippen LogP contribution in [0.15, 0.2) is 10.2 Å². The molecule has 86 valence electrons. The van der Waals surface area contributed by atoms with Crippen LogP contribution in [0.5, 0.6) is 0 Å². The maximum atomic E-state index is 10.8. The maximum absolute atomic E-state index is 10.8. The summed E-state index contributed by atoms with van der Waals surface area (Å²) in [5.41, 5.74) is -1.96. The smallest absolute Gasteiger partial charge is 0.165 e. The number of carbonyl (C=O) groups excluding carboxylic acids is 1. The van der Waals surface area contributed by atoms with Gasteiger partial charge in [-0.05, 0) is 34.1 Å². The summed E-state index contributed by atoms with van der Waals surface area (Å²) in [6.07, 6.45) is 0.611. The Kier molecular flexibility index (Phi) is 4.78. The lowest BCUT2D eigenvalue weighted by molar-refractivity contribution is -0.117. The lowest BCUT2D eigenvalue weighted by Gasteiger charge is -2.16. The molecule has 0 aromatic rings. The topological polar surface area (TPSA) is 89.4 Å². The number of nitrogens with zero attached hydrogens (tertiary/aromatic N) is 4. The van der Waals surface area contributed by atoms with Crippen LogP contribution in [-0.2, 0) is 4.79 Å². The Balaban J connectivity index is 4.69. The fourth-order valence-electron chi connectivity index (χ4n) is 0.805. The Labute approximate surface area is 95.8 Å². The van der Waals surface area contributed by atoms with Crippen LogP contribution in [0.3, 0.4) is 0 Å². The second-order valence-corrected chi connectivity index (χ2v) is 4.46. The van der Waals surface area contributed by atoms with Crippen molar-refractivity contribution >= 4 is 5.78 Å². The fraction of sp³-hybridized carbons (Fsp3) is 0.727. The minimum absolute atomic E-state index is 0.0104. The van der Waals surface area contributed by atoms with Crippen molar-refractivity contribution in [2.75, 3.05) is 0 Å². The zero-order chi connectivity index (χ0) is 12.8. The average Bonchev–Trinajstić information content (AvgIpc) is 2.24. The molecule has 0 aromatic carbocycles. The van der Waals surface area contributed by atoms with Crippen molar-refractivity contribution in [2.45, 2.75) is 51.6 Å². The third-order valence-electron chi connectivity index (χ3n) is 2.00. The Morgan fingerprint density at radius 2 is 1.75 bits per heavy atom. The molecule has 0 aliphatic rings. The quantitative estimate of drug-likeness (QED) is 0.666. The predicted octanol–water partition coefficient (Wildman–Crippen LogP) is 2.39. The van der Waals surface area contributed by atoms with E-state index in [1.807, 2.05) is 12.1 Å². The zero-order valence-electron chi connectivity index (χ0n) is 10.1. The molecule has 0 spiro atoms. The van der Waals surface area contributed by atoms with Gasteiger partial charge in [0, 0.05) is 6.42 Å². The van der Waals surface area contributed by atoms with Crippen LogP contribution in [0.25, 0.3) is 0 Å². The first kappa shape index (κ1) is 14.2. The van der Waals surface area contributed by atoms with Crippen molar-refractivity contribution < 1.29 is 4.79 Å². The molecule has 0 amide bonds. The second-order valence-electron chi connectivity index (χ2n) is 4.46. The number of carbonyl (C=O) groups is 1. The molecule has 0 aromatic heterocycles. The van der Waals surface area contributed by atoms with E-state index in [0.717, 1.165) is 0 Å². The van der Waals surface area contributed by atoms with Crippen LogP contribution in [0, 0.1) is 22.7 Å². The van der Waals surface area contributed by atoms with Gasteiger partial charge in [-0.15, -0.1) is 0 Å². The largest absolute Gasteiger partial charge is 0.300 e. The van der Waals surface area contributed by atoms with Gasteiger partial charge in [-0.2, -0.15) is 20.8 Å². The van der Waals surface area contributed by atoms with Crippen molar-refractivity contribution in [1.82, 2.24) is 0 Å². The van der Waals surface area contributed by atoms with Crippen LogP contribution in [0.2, 0.25) is 0 Å². The summed E-state index contributed by atoms with van der Waals surface area (Å²) >= 11 is 0. The molecule has 1 atom stereocenters. The molecule has 0 heterocycles. The fourth-order valence-corrected chi connectivity index (χ4v) is 0.805. The number of hydrogen-bond acceptors (Lipinski definition) is 5. The van der Waals surface area contributed by atoms with Crippen molar-refractivity contribution in [2.24, 2.45) is 10.2 Å². The molecule has 0 saturated carbocycles. The van der Waals surface area contributed by atoms with Gasteiger partial charge in [0.1, 0.15) is 5.78 Å². The summed E-state index contributed by atoms with van der Waals surface area (Å²) in [6.45, 7) is 6.29. The van der Waals surface area contributed by atoms with Gasteiger partial charge in [-0.25, -0.2) is 0 Å². The summed E-state index contributed by atoms with van der Waals surface area (Å²) in [4.78, 5) is 10.8. The van der Waals surface area contributed by atoms with Crippen molar-refractivity contribution in [3.63, 3.8) is 0 Å². The molecule has 0 bridgehead atoms. The third-order valence-corrected chi connectivity index (χ3v) is 2.00. The summed E-state index contributed by atoms with van der Waals surface area (Å²) in [5, 5.41) is 25.4. The molecular formula is C11H16N4O. The van der Waals surface area contributed by atoms with E-state index in [0.29, 0.717) is 6.42 Å². The molecule has 0 saturated heterocycles. The van der Waals surface area contributed by atoms with E-state index in [1.54, 1.807) is 20.8 Å². The summed E-state index contributed by atoms with van der Waals surface area (Å²) < 4.78 is 0. The van der Waals surface area contributed by atoms with Crippen LogP contribution >= 0.6 is 0 Å². The van der Waals surface area contributed by atoms with Crippen LogP contribution < -0.4 is 0 Å². The van der Waals surface area contributed by atoms with E-state index >= 15 is 0 Å². The Bertz CT molecular complexity index is 372. The number of rotatable bonds is 5. The molecule has 1 unspecified atom stereocenters. The predicted molar refractivity (Wildman–Crippen MR) is 58.5 cm³/mol. The highest BCUT2D eigenvalue weighted by Gasteiger charge is 2.25. The average molecular weight is 220 g/mol. The minimum atomic E-state index is -1.03. The number of nitriles is 2. The number of azo groups is 1. The van der Waals surface area contributed by atoms with Gasteiger partial charge in [0.2, 0.25) is 0 Å². The van der Waals surface area contributed by atoms with E-state index in [4.69, 9.17) is 10.5 Å². The van der Waals surface area contributed by atoms with Crippen molar-refractivity contribution in [3.8, 4) is 12.1 Å². The number of Topliss-reactive ketones (excluding diaryl/α,β-unsaturated/α-hetero) is 1. The van der Waals surface area contributed by atoms with E-state index in [1.165, 1.54) is 6.92 Å². The molecular weight excluding hydrogens is 204 g/mol. The molecule has 0 radical (unpaired) electrons. The Morgan fingerprint density at radius 1 is 1.19 bits per heavy atom. The normalized spacial score (nSPS) is 15.1. The third kappa shape index (κ3) is 5.21. The molecule has 0 aliphatic heterocycles. The Hall–Kier alpha value is -1.75. The molecule has 0 aliphatic carbocycles. The first-order valence-electron chi connectivity index (χ1n) is 5.01. The van der Waals surface area contributed by atoms with Gasteiger partial charge in [0.05, 0.1) is 12.1 Å². The van der Waals surface area contributed by atoms with Crippen LogP contribution in [0.4, 0.5) is 0 Å².